The number of amides is 1. The molecule has 2 aromatic carbocycles. The average molecular weight is 346 g/mol. The topological polar surface area (TPSA) is 84.5 Å². The maximum atomic E-state index is 12.5. The van der Waals surface area contributed by atoms with Gasteiger partial charge < -0.3 is 10.1 Å². The van der Waals surface area contributed by atoms with Crippen molar-refractivity contribution in [3.8, 4) is 5.75 Å². The van der Waals surface area contributed by atoms with E-state index in [1.807, 2.05) is 24.3 Å². The van der Waals surface area contributed by atoms with E-state index in [-0.39, 0.29) is 16.8 Å². The van der Waals surface area contributed by atoms with Crippen LogP contribution in [0.3, 0.4) is 0 Å². The second-order valence-electron chi connectivity index (χ2n) is 5.65. The van der Waals surface area contributed by atoms with Crippen LogP contribution in [-0.2, 0) is 21.2 Å². The van der Waals surface area contributed by atoms with Crippen molar-refractivity contribution in [1.29, 1.82) is 0 Å². The fraction of sp³-hybridized carbons (Fsp3) is 0.235. The quantitative estimate of drug-likeness (QED) is 0.886. The van der Waals surface area contributed by atoms with E-state index in [1.54, 1.807) is 12.1 Å². The highest BCUT2D eigenvalue weighted by molar-refractivity contribution is 7.89. The molecular weight excluding hydrogens is 328 g/mol. The van der Waals surface area contributed by atoms with E-state index < -0.39 is 10.0 Å². The summed E-state index contributed by atoms with van der Waals surface area (Å²) in [7, 11) is -3.65. The van der Waals surface area contributed by atoms with Crippen LogP contribution in [0.25, 0.3) is 0 Å². The predicted octanol–water partition coefficient (Wildman–Crippen LogP) is 1.93. The molecule has 1 atom stereocenters. The molecule has 0 radical (unpaired) electrons. The molecule has 1 aliphatic heterocycles. The second kappa shape index (κ2) is 6.62. The number of ether oxygens (including phenoxy) is 1. The number of hydrogen-bond acceptors (Lipinski definition) is 4. The van der Waals surface area contributed by atoms with Gasteiger partial charge in [-0.15, -0.1) is 0 Å². The number of sulfonamides is 1. The van der Waals surface area contributed by atoms with Gasteiger partial charge in [-0.1, -0.05) is 18.2 Å². The van der Waals surface area contributed by atoms with Crippen molar-refractivity contribution in [1.82, 2.24) is 4.72 Å². The van der Waals surface area contributed by atoms with E-state index in [2.05, 4.69) is 10.0 Å². The van der Waals surface area contributed by atoms with Crippen LogP contribution < -0.4 is 14.8 Å². The number of rotatable bonds is 4. The van der Waals surface area contributed by atoms with Crippen LogP contribution >= 0.6 is 0 Å². The van der Waals surface area contributed by atoms with Gasteiger partial charge in [-0.3, -0.25) is 4.79 Å². The largest absolute Gasteiger partial charge is 0.492 e. The molecule has 1 aliphatic rings. The molecule has 0 spiro atoms. The van der Waals surface area contributed by atoms with Crippen molar-refractivity contribution in [3.63, 3.8) is 0 Å². The third-order valence-electron chi connectivity index (χ3n) is 3.69. The Morgan fingerprint density at radius 3 is 2.54 bits per heavy atom. The first-order valence-electron chi connectivity index (χ1n) is 7.55. The zero-order valence-electron chi connectivity index (χ0n) is 13.2. The lowest BCUT2D eigenvalue weighted by molar-refractivity contribution is -0.114. The van der Waals surface area contributed by atoms with Crippen LogP contribution in [0.5, 0.6) is 5.75 Å². The van der Waals surface area contributed by atoms with Gasteiger partial charge in [-0.2, -0.15) is 0 Å². The van der Waals surface area contributed by atoms with Gasteiger partial charge in [0.25, 0.3) is 0 Å². The molecule has 0 saturated carbocycles. The standard InChI is InChI=1S/C17H18N2O4S/c1-12(20)18-14-6-8-16(9-7-14)24(21,22)19-15-10-13-4-2-3-5-17(13)23-11-15/h2-9,15,19H,10-11H2,1H3,(H,18,20)/t15-/m1/s1. The third-order valence-corrected chi connectivity index (χ3v) is 5.22. The van der Waals surface area contributed by atoms with Crippen LogP contribution in [0.15, 0.2) is 53.4 Å². The Morgan fingerprint density at radius 2 is 1.83 bits per heavy atom. The molecular formula is C17H18N2O4S. The molecule has 2 aromatic rings. The second-order valence-corrected chi connectivity index (χ2v) is 7.36. The molecule has 0 saturated heterocycles. The van der Waals surface area contributed by atoms with Crippen LogP contribution in [0.2, 0.25) is 0 Å². The molecule has 2 N–H and O–H groups in total. The number of nitrogens with one attached hydrogen (secondary N) is 2. The predicted molar refractivity (Wildman–Crippen MR) is 90.5 cm³/mol. The molecule has 7 heteroatoms. The summed E-state index contributed by atoms with van der Waals surface area (Å²) < 4.78 is 33.3. The van der Waals surface area contributed by atoms with Gasteiger partial charge in [0.2, 0.25) is 15.9 Å². The van der Waals surface area contributed by atoms with Gasteiger partial charge in [0, 0.05) is 12.6 Å². The van der Waals surface area contributed by atoms with Crippen LogP contribution in [-0.4, -0.2) is 27.0 Å². The van der Waals surface area contributed by atoms with Gasteiger partial charge in [0.05, 0.1) is 10.9 Å². The third kappa shape index (κ3) is 3.74. The Balaban J connectivity index is 1.71. The van der Waals surface area contributed by atoms with E-state index in [4.69, 9.17) is 4.74 Å². The minimum Gasteiger partial charge on any atom is -0.492 e. The molecule has 24 heavy (non-hydrogen) atoms. The Morgan fingerprint density at radius 1 is 1.12 bits per heavy atom. The minimum atomic E-state index is -3.65. The number of anilines is 1. The summed E-state index contributed by atoms with van der Waals surface area (Å²) in [5.74, 6) is 0.592. The summed E-state index contributed by atoms with van der Waals surface area (Å²) in [5, 5.41) is 2.60. The number of benzene rings is 2. The summed E-state index contributed by atoms with van der Waals surface area (Å²) >= 11 is 0. The first-order chi connectivity index (χ1) is 11.4. The van der Waals surface area contributed by atoms with Gasteiger partial charge in [-0.05, 0) is 42.3 Å². The zero-order valence-corrected chi connectivity index (χ0v) is 14.0. The smallest absolute Gasteiger partial charge is 0.240 e. The average Bonchev–Trinajstić information content (AvgIpc) is 2.54. The van der Waals surface area contributed by atoms with Gasteiger partial charge in [0.15, 0.2) is 0 Å². The normalized spacial score (nSPS) is 16.8. The van der Waals surface area contributed by atoms with Crippen molar-refractivity contribution < 1.29 is 17.9 Å². The Labute approximate surface area is 140 Å². The molecule has 126 valence electrons. The van der Waals surface area contributed by atoms with Gasteiger partial charge in [-0.25, -0.2) is 13.1 Å². The van der Waals surface area contributed by atoms with Crippen molar-refractivity contribution in [3.05, 3.63) is 54.1 Å². The molecule has 1 amide bonds. The molecule has 1 heterocycles. The first kappa shape index (κ1) is 16.5. The summed E-state index contributed by atoms with van der Waals surface area (Å²) in [6.45, 7) is 1.69. The highest BCUT2D eigenvalue weighted by Crippen LogP contribution is 2.24. The molecule has 0 unspecified atom stereocenters. The molecule has 6 nitrogen and oxygen atoms in total. The van der Waals surface area contributed by atoms with Crippen LogP contribution in [0, 0.1) is 0 Å². The van der Waals surface area contributed by atoms with Crippen LogP contribution in [0.1, 0.15) is 12.5 Å². The van der Waals surface area contributed by atoms with Gasteiger partial charge >= 0.3 is 0 Å². The number of carbonyl (C=O) groups is 1. The van der Waals surface area contributed by atoms with Gasteiger partial charge in [0.1, 0.15) is 12.4 Å². The van der Waals surface area contributed by atoms with Crippen LogP contribution in [0.4, 0.5) is 5.69 Å². The van der Waals surface area contributed by atoms with E-state index in [9.17, 15) is 13.2 Å². The Kier molecular flexibility index (Phi) is 4.55. The molecule has 0 fully saturated rings. The summed E-state index contributed by atoms with van der Waals surface area (Å²) in [6.07, 6.45) is 0.583. The number of carbonyl (C=O) groups excluding carboxylic acids is 1. The summed E-state index contributed by atoms with van der Waals surface area (Å²) in [5.41, 5.74) is 1.54. The minimum absolute atomic E-state index is 0.149. The highest BCUT2D eigenvalue weighted by Gasteiger charge is 2.25. The SMILES string of the molecule is CC(=O)Nc1ccc(S(=O)(=O)N[C@H]2COc3ccccc3C2)cc1. The Bertz CT molecular complexity index is 847. The van der Waals surface area contributed by atoms with E-state index in [1.165, 1.54) is 19.1 Å². The molecule has 0 bridgehead atoms. The molecule has 3 rings (SSSR count). The fourth-order valence-electron chi connectivity index (χ4n) is 2.61. The van der Waals surface area contributed by atoms with E-state index in [0.717, 1.165) is 11.3 Å². The lowest BCUT2D eigenvalue weighted by Gasteiger charge is -2.25. The van der Waals surface area contributed by atoms with Crippen molar-refractivity contribution in [2.24, 2.45) is 0 Å². The fourth-order valence-corrected chi connectivity index (χ4v) is 3.83. The lowest BCUT2D eigenvalue weighted by atomic mass is 10.0. The first-order valence-corrected chi connectivity index (χ1v) is 9.03. The zero-order chi connectivity index (χ0) is 17.2. The number of hydrogen-bond donors (Lipinski definition) is 2. The highest BCUT2D eigenvalue weighted by atomic mass is 32.2. The van der Waals surface area contributed by atoms with Crippen molar-refractivity contribution in [2.45, 2.75) is 24.3 Å². The van der Waals surface area contributed by atoms with E-state index >= 15 is 0 Å². The number of fused-ring (bicyclic) bond motifs is 1. The van der Waals surface area contributed by atoms with Crippen molar-refractivity contribution >= 4 is 21.6 Å². The maximum absolute atomic E-state index is 12.5. The van der Waals surface area contributed by atoms with Crippen molar-refractivity contribution in [2.75, 3.05) is 11.9 Å². The monoisotopic (exact) mass is 346 g/mol. The maximum Gasteiger partial charge on any atom is 0.240 e. The summed E-state index contributed by atoms with van der Waals surface area (Å²) in [6, 6.07) is 13.3. The molecule has 0 aromatic heterocycles. The lowest BCUT2D eigenvalue weighted by Crippen LogP contribution is -2.42. The summed E-state index contributed by atoms with van der Waals surface area (Å²) in [4.78, 5) is 11.2. The van der Waals surface area contributed by atoms with E-state index in [0.29, 0.717) is 18.7 Å². The Hall–Kier alpha value is -2.38. The number of para-hydroxylation sites is 1. The molecule has 0 aliphatic carbocycles.